The van der Waals surface area contributed by atoms with Crippen molar-refractivity contribution in [1.82, 2.24) is 14.6 Å². The van der Waals surface area contributed by atoms with Crippen molar-refractivity contribution >= 4 is 33.6 Å². The van der Waals surface area contributed by atoms with E-state index in [1.54, 1.807) is 4.52 Å². The molecule has 0 unspecified atom stereocenters. The van der Waals surface area contributed by atoms with Gasteiger partial charge in [0.25, 0.3) is 5.69 Å². The smallest absolute Gasteiger partial charge is 0.258 e. The van der Waals surface area contributed by atoms with Crippen molar-refractivity contribution < 1.29 is 4.92 Å². The van der Waals surface area contributed by atoms with Crippen molar-refractivity contribution in [2.45, 2.75) is 0 Å². The van der Waals surface area contributed by atoms with E-state index in [0.717, 1.165) is 11.3 Å². The van der Waals surface area contributed by atoms with Gasteiger partial charge in [-0.2, -0.15) is 5.10 Å². The number of nitrogens with zero attached hydrogens (tertiary/aromatic N) is 4. The van der Waals surface area contributed by atoms with E-state index in [2.05, 4.69) is 10.1 Å². The number of nitro benzene ring substituents is 1. The van der Waals surface area contributed by atoms with Crippen LogP contribution in [0.3, 0.4) is 0 Å². The molecule has 4 aromatic rings. The van der Waals surface area contributed by atoms with Gasteiger partial charge in [-0.3, -0.25) is 10.1 Å². The summed E-state index contributed by atoms with van der Waals surface area (Å²) in [7, 11) is 0. The minimum Gasteiger partial charge on any atom is -0.258 e. The lowest BCUT2D eigenvalue weighted by Crippen LogP contribution is -1.89. The Labute approximate surface area is 145 Å². The maximum absolute atomic E-state index is 10.9. The number of non-ortho nitro benzene ring substituents is 1. The van der Waals surface area contributed by atoms with E-state index >= 15 is 0 Å². The zero-order chi connectivity index (χ0) is 16.7. The Hall–Kier alpha value is -2.77. The highest BCUT2D eigenvalue weighted by Gasteiger charge is 2.16. The van der Waals surface area contributed by atoms with Gasteiger partial charge in [-0.25, -0.2) is 9.50 Å². The van der Waals surface area contributed by atoms with Crippen molar-refractivity contribution in [3.8, 4) is 21.8 Å². The topological polar surface area (TPSA) is 73.3 Å². The van der Waals surface area contributed by atoms with Crippen LogP contribution in [0, 0.1) is 10.1 Å². The van der Waals surface area contributed by atoms with Gasteiger partial charge in [0.15, 0.2) is 0 Å². The van der Waals surface area contributed by atoms with Gasteiger partial charge >= 0.3 is 0 Å². The van der Waals surface area contributed by atoms with E-state index in [9.17, 15) is 10.1 Å². The van der Waals surface area contributed by atoms with Crippen molar-refractivity contribution in [3.05, 3.63) is 69.9 Å². The van der Waals surface area contributed by atoms with Crippen LogP contribution in [-0.4, -0.2) is 19.5 Å². The second kappa shape index (κ2) is 5.70. The molecular weight excluding hydrogens is 348 g/mol. The van der Waals surface area contributed by atoms with E-state index in [-0.39, 0.29) is 5.69 Å². The van der Waals surface area contributed by atoms with Crippen LogP contribution < -0.4 is 0 Å². The van der Waals surface area contributed by atoms with Crippen LogP contribution in [0.1, 0.15) is 0 Å². The van der Waals surface area contributed by atoms with Gasteiger partial charge in [0.1, 0.15) is 5.01 Å². The number of halogens is 1. The first kappa shape index (κ1) is 14.8. The van der Waals surface area contributed by atoms with Gasteiger partial charge < -0.3 is 0 Å². The van der Waals surface area contributed by atoms with Gasteiger partial charge in [0.05, 0.1) is 21.8 Å². The number of hydrogen-bond donors (Lipinski definition) is 0. The Morgan fingerprint density at radius 1 is 1.17 bits per heavy atom. The average Bonchev–Trinajstić information content (AvgIpc) is 3.14. The first-order valence-electron chi connectivity index (χ1n) is 6.98. The number of fused-ring (bicyclic) bond motifs is 1. The Morgan fingerprint density at radius 3 is 2.67 bits per heavy atom. The van der Waals surface area contributed by atoms with Crippen LogP contribution in [0.2, 0.25) is 5.02 Å². The summed E-state index contributed by atoms with van der Waals surface area (Å²) < 4.78 is 1.66. The Morgan fingerprint density at radius 2 is 1.96 bits per heavy atom. The predicted molar refractivity (Wildman–Crippen MR) is 93.4 cm³/mol. The summed E-state index contributed by atoms with van der Waals surface area (Å²) >= 11 is 7.51. The lowest BCUT2D eigenvalue weighted by atomic mass is 10.2. The Balaban J connectivity index is 1.78. The molecule has 8 heteroatoms. The molecule has 2 aromatic carbocycles. The second-order valence-electron chi connectivity index (χ2n) is 5.05. The molecule has 6 nitrogen and oxygen atoms in total. The van der Waals surface area contributed by atoms with Crippen LogP contribution in [0.25, 0.3) is 26.8 Å². The van der Waals surface area contributed by atoms with Crippen molar-refractivity contribution in [2.75, 3.05) is 0 Å². The highest BCUT2D eigenvalue weighted by atomic mass is 35.5. The number of benzene rings is 2. The fourth-order valence-electron chi connectivity index (χ4n) is 2.35. The highest BCUT2D eigenvalue weighted by Crippen LogP contribution is 2.34. The summed E-state index contributed by atoms with van der Waals surface area (Å²) in [6, 6.07) is 14.1. The number of imidazole rings is 1. The third-order valence-corrected chi connectivity index (χ3v) is 4.79. The molecule has 0 bridgehead atoms. The fourth-order valence-corrected chi connectivity index (χ4v) is 3.52. The van der Waals surface area contributed by atoms with Gasteiger partial charge in [-0.1, -0.05) is 53.3 Å². The van der Waals surface area contributed by atoms with Gasteiger partial charge in [0, 0.05) is 23.3 Å². The molecule has 0 aliphatic carbocycles. The van der Waals surface area contributed by atoms with Gasteiger partial charge in [-0.05, 0) is 6.07 Å². The number of hydrogen-bond acceptors (Lipinski definition) is 5. The molecule has 4 rings (SSSR count). The lowest BCUT2D eigenvalue weighted by Gasteiger charge is -1.99. The molecule has 24 heavy (non-hydrogen) atoms. The SMILES string of the molecule is O=[N+]([O-])c1ccc(Cl)c(-c2nn3cc(-c4ccccc4)nc3s2)c1. The van der Waals surface area contributed by atoms with Crippen molar-refractivity contribution in [3.63, 3.8) is 0 Å². The maximum Gasteiger partial charge on any atom is 0.270 e. The van der Waals surface area contributed by atoms with E-state index in [4.69, 9.17) is 11.6 Å². The summed E-state index contributed by atoms with van der Waals surface area (Å²) in [5, 5.41) is 16.4. The molecule has 0 fully saturated rings. The number of rotatable bonds is 3. The van der Waals surface area contributed by atoms with E-state index < -0.39 is 4.92 Å². The van der Waals surface area contributed by atoms with Crippen LogP contribution in [0.15, 0.2) is 54.7 Å². The third-order valence-electron chi connectivity index (χ3n) is 3.50. The second-order valence-corrected chi connectivity index (χ2v) is 6.41. The van der Waals surface area contributed by atoms with Crippen LogP contribution >= 0.6 is 22.9 Å². The number of nitro groups is 1. The molecule has 0 aliphatic rings. The standard InChI is InChI=1S/C16H9ClN4O2S/c17-13-7-6-11(21(22)23)8-12(13)15-19-20-9-14(18-16(20)24-15)10-4-2-1-3-5-10/h1-9H. The lowest BCUT2D eigenvalue weighted by molar-refractivity contribution is -0.384. The first-order chi connectivity index (χ1) is 11.6. The van der Waals surface area contributed by atoms with E-state index in [1.807, 2.05) is 36.5 Å². The highest BCUT2D eigenvalue weighted by molar-refractivity contribution is 7.19. The molecule has 0 amide bonds. The molecule has 0 spiro atoms. The quantitative estimate of drug-likeness (QED) is 0.394. The average molecular weight is 357 g/mol. The molecule has 0 aliphatic heterocycles. The maximum atomic E-state index is 10.9. The molecule has 0 radical (unpaired) electrons. The van der Waals surface area contributed by atoms with Crippen LogP contribution in [0.4, 0.5) is 5.69 Å². The molecule has 118 valence electrons. The van der Waals surface area contributed by atoms with Gasteiger partial charge in [0.2, 0.25) is 4.96 Å². The summed E-state index contributed by atoms with van der Waals surface area (Å²) in [5.74, 6) is 0. The molecule has 0 saturated carbocycles. The molecule has 0 atom stereocenters. The van der Waals surface area contributed by atoms with Crippen LogP contribution in [0.5, 0.6) is 0 Å². The van der Waals surface area contributed by atoms with E-state index in [1.165, 1.54) is 29.5 Å². The summed E-state index contributed by atoms with van der Waals surface area (Å²) in [4.78, 5) is 15.8. The Bertz CT molecular complexity index is 1030. The zero-order valence-electron chi connectivity index (χ0n) is 12.1. The van der Waals surface area contributed by atoms with Crippen LogP contribution in [-0.2, 0) is 0 Å². The number of aromatic nitrogens is 3. The molecule has 2 aromatic heterocycles. The minimum atomic E-state index is -0.452. The predicted octanol–water partition coefficient (Wildman–Crippen LogP) is 4.69. The Kier molecular flexibility index (Phi) is 3.51. The zero-order valence-corrected chi connectivity index (χ0v) is 13.7. The molecular formula is C16H9ClN4O2S. The molecule has 0 saturated heterocycles. The van der Waals surface area contributed by atoms with Gasteiger partial charge in [-0.15, -0.1) is 0 Å². The summed E-state index contributed by atoms with van der Waals surface area (Å²) in [6.07, 6.45) is 1.83. The van der Waals surface area contributed by atoms with Crippen molar-refractivity contribution in [2.24, 2.45) is 0 Å². The summed E-state index contributed by atoms with van der Waals surface area (Å²) in [6.45, 7) is 0. The van der Waals surface area contributed by atoms with E-state index in [0.29, 0.717) is 20.6 Å². The first-order valence-corrected chi connectivity index (χ1v) is 8.17. The van der Waals surface area contributed by atoms with Crippen molar-refractivity contribution in [1.29, 1.82) is 0 Å². The fraction of sp³-hybridized carbons (Fsp3) is 0. The molecule has 2 heterocycles. The monoisotopic (exact) mass is 356 g/mol. The largest absolute Gasteiger partial charge is 0.270 e. The minimum absolute atomic E-state index is 0.0211. The summed E-state index contributed by atoms with van der Waals surface area (Å²) in [5.41, 5.74) is 2.34. The molecule has 0 N–H and O–H groups in total. The third kappa shape index (κ3) is 2.53. The normalized spacial score (nSPS) is 11.0.